The molecule has 0 aromatic heterocycles. The molecule has 1 rings (SSSR count). The molecule has 0 spiro atoms. The fraction of sp³-hybridized carbons (Fsp3) is 0.222. The molecular weight excluding hydrogens is 237 g/mol. The van der Waals surface area contributed by atoms with Crippen molar-refractivity contribution in [3.63, 3.8) is 0 Å². The fourth-order valence-corrected chi connectivity index (χ4v) is 1.64. The Morgan fingerprint density at radius 1 is 1.44 bits per heavy atom. The zero-order valence-electron chi connectivity index (χ0n) is 8.65. The molecule has 5 nitrogen and oxygen atoms in total. The Hall–Kier alpha value is -1.63. The first kappa shape index (κ1) is 12.4. The topological polar surface area (TPSA) is 72.5 Å². The van der Waals surface area contributed by atoms with Crippen LogP contribution < -0.4 is 5.32 Å². The molecule has 0 unspecified atom stereocenters. The van der Waals surface area contributed by atoms with Gasteiger partial charge in [-0.25, -0.2) is 4.79 Å². The Morgan fingerprint density at radius 3 is 2.50 bits per heavy atom. The summed E-state index contributed by atoms with van der Waals surface area (Å²) in [4.78, 5) is 10.4. The van der Waals surface area contributed by atoms with Crippen molar-refractivity contribution in [3.8, 4) is 0 Å². The van der Waals surface area contributed by atoms with E-state index in [0.29, 0.717) is 11.3 Å². The number of carbonyl (C=O) groups excluding carboxylic acids is 1. The van der Waals surface area contributed by atoms with Crippen LogP contribution >= 0.6 is 0 Å². The fourth-order valence-electron chi connectivity index (χ4n) is 1.09. The van der Waals surface area contributed by atoms with E-state index in [4.69, 9.17) is 0 Å². The predicted molar refractivity (Wildman–Crippen MR) is 55.5 cm³/mol. The molecule has 16 heavy (non-hydrogen) atoms. The lowest BCUT2D eigenvalue weighted by atomic mass is 10.2. The molecule has 0 saturated heterocycles. The average molecular weight is 247 g/mol. The second-order valence-corrected chi connectivity index (χ2v) is 4.38. The maximum atomic E-state index is 12.6. The maximum absolute atomic E-state index is 12.6. The number of carbonyl (C=O) groups is 1. The minimum absolute atomic E-state index is 0.360. The normalized spacial score (nSPS) is 10.9. The summed E-state index contributed by atoms with van der Waals surface area (Å²) in [5.74, 6) is 0. The third kappa shape index (κ3) is 2.93. The Morgan fingerprint density at radius 2 is 2.06 bits per heavy atom. The molecule has 1 aromatic rings. The first-order valence-corrected chi connectivity index (χ1v) is 5.63. The summed E-state index contributed by atoms with van der Waals surface area (Å²) in [7, 11) is -3.52. The van der Waals surface area contributed by atoms with Gasteiger partial charge < -0.3 is 4.74 Å². The van der Waals surface area contributed by atoms with Gasteiger partial charge in [-0.05, 0) is 30.7 Å². The number of anilines is 1. The molecular formula is C9H10FNO4S. The first-order chi connectivity index (χ1) is 7.34. The Bertz CT molecular complexity index is 512. The molecule has 7 heteroatoms. The van der Waals surface area contributed by atoms with Gasteiger partial charge in [-0.3, -0.25) is 5.32 Å². The van der Waals surface area contributed by atoms with Gasteiger partial charge in [0.2, 0.25) is 0 Å². The summed E-state index contributed by atoms with van der Waals surface area (Å²) in [6, 6.07) is 3.48. The predicted octanol–water partition coefficient (Wildman–Crippen LogP) is 1.83. The van der Waals surface area contributed by atoms with Gasteiger partial charge in [0.15, 0.2) is 0 Å². The lowest BCUT2D eigenvalue weighted by molar-refractivity contribution is 0.187. The molecule has 0 bridgehead atoms. The van der Waals surface area contributed by atoms with Crippen molar-refractivity contribution in [2.45, 2.75) is 11.8 Å². The van der Waals surface area contributed by atoms with Crippen LogP contribution in [0, 0.1) is 6.92 Å². The SMILES string of the molecule is COC(=O)Nc1ccc(S(=O)(=O)F)cc1C. The van der Waals surface area contributed by atoms with Gasteiger partial charge in [0.1, 0.15) is 0 Å². The van der Waals surface area contributed by atoms with E-state index >= 15 is 0 Å². The summed E-state index contributed by atoms with van der Waals surface area (Å²) in [6.07, 6.45) is -0.682. The number of amides is 1. The number of hydrogen-bond acceptors (Lipinski definition) is 4. The van der Waals surface area contributed by atoms with E-state index in [1.165, 1.54) is 13.2 Å². The summed E-state index contributed by atoms with van der Waals surface area (Å²) in [5, 5.41) is 2.36. The van der Waals surface area contributed by atoms with Crippen molar-refractivity contribution >= 4 is 22.0 Å². The van der Waals surface area contributed by atoms with Gasteiger partial charge in [-0.1, -0.05) is 0 Å². The lowest BCUT2D eigenvalue weighted by Crippen LogP contribution is -2.12. The minimum Gasteiger partial charge on any atom is -0.453 e. The van der Waals surface area contributed by atoms with Crippen LogP contribution in [-0.4, -0.2) is 21.6 Å². The van der Waals surface area contributed by atoms with Crippen LogP contribution in [0.3, 0.4) is 0 Å². The van der Waals surface area contributed by atoms with Gasteiger partial charge in [-0.15, -0.1) is 3.89 Å². The van der Waals surface area contributed by atoms with Crippen molar-refractivity contribution in [3.05, 3.63) is 23.8 Å². The van der Waals surface area contributed by atoms with Crippen LogP contribution in [0.4, 0.5) is 14.4 Å². The highest BCUT2D eigenvalue weighted by molar-refractivity contribution is 7.86. The lowest BCUT2D eigenvalue weighted by Gasteiger charge is -2.07. The monoisotopic (exact) mass is 247 g/mol. The highest BCUT2D eigenvalue weighted by atomic mass is 32.3. The van der Waals surface area contributed by atoms with Crippen molar-refractivity contribution in [2.24, 2.45) is 0 Å². The minimum atomic E-state index is -4.72. The highest BCUT2D eigenvalue weighted by Crippen LogP contribution is 2.20. The van der Waals surface area contributed by atoms with E-state index in [9.17, 15) is 17.1 Å². The highest BCUT2D eigenvalue weighted by Gasteiger charge is 2.13. The van der Waals surface area contributed by atoms with Crippen LogP contribution in [0.2, 0.25) is 0 Å². The molecule has 0 aliphatic rings. The number of rotatable bonds is 2. The van der Waals surface area contributed by atoms with Crippen molar-refractivity contribution in [2.75, 3.05) is 12.4 Å². The Labute approximate surface area is 92.4 Å². The number of halogens is 1. The molecule has 0 aliphatic heterocycles. The molecule has 1 N–H and O–H groups in total. The number of hydrogen-bond donors (Lipinski definition) is 1. The van der Waals surface area contributed by atoms with Crippen LogP contribution in [0.1, 0.15) is 5.56 Å². The average Bonchev–Trinajstić information content (AvgIpc) is 2.19. The quantitative estimate of drug-likeness (QED) is 0.809. The van der Waals surface area contributed by atoms with Gasteiger partial charge in [0.25, 0.3) is 0 Å². The van der Waals surface area contributed by atoms with Gasteiger partial charge in [0.05, 0.1) is 12.0 Å². The summed E-state index contributed by atoms with van der Waals surface area (Å²) in [5.41, 5.74) is 0.781. The molecule has 0 aliphatic carbocycles. The van der Waals surface area contributed by atoms with E-state index in [0.717, 1.165) is 12.1 Å². The van der Waals surface area contributed by atoms with E-state index in [1.807, 2.05) is 0 Å². The zero-order chi connectivity index (χ0) is 12.3. The number of nitrogens with one attached hydrogen (secondary N) is 1. The summed E-state index contributed by atoms with van der Waals surface area (Å²) >= 11 is 0. The molecule has 0 radical (unpaired) electrons. The molecule has 0 atom stereocenters. The molecule has 1 amide bonds. The smallest absolute Gasteiger partial charge is 0.411 e. The van der Waals surface area contributed by atoms with E-state index in [-0.39, 0.29) is 0 Å². The number of benzene rings is 1. The zero-order valence-corrected chi connectivity index (χ0v) is 9.47. The van der Waals surface area contributed by atoms with E-state index in [2.05, 4.69) is 10.1 Å². The van der Waals surface area contributed by atoms with Crippen LogP contribution in [0.5, 0.6) is 0 Å². The van der Waals surface area contributed by atoms with Gasteiger partial charge in [0, 0.05) is 5.69 Å². The van der Waals surface area contributed by atoms with Gasteiger partial charge >= 0.3 is 16.3 Å². The van der Waals surface area contributed by atoms with Crippen LogP contribution in [-0.2, 0) is 15.0 Å². The second kappa shape index (κ2) is 4.48. The first-order valence-electron chi connectivity index (χ1n) is 4.25. The Balaban J connectivity index is 3.06. The van der Waals surface area contributed by atoms with Gasteiger partial charge in [-0.2, -0.15) is 8.42 Å². The van der Waals surface area contributed by atoms with Crippen molar-refractivity contribution in [1.29, 1.82) is 0 Å². The van der Waals surface area contributed by atoms with Crippen molar-refractivity contribution in [1.82, 2.24) is 0 Å². The number of ether oxygens (including phenoxy) is 1. The molecule has 88 valence electrons. The number of aryl methyl sites for hydroxylation is 1. The Kier molecular flexibility index (Phi) is 3.48. The largest absolute Gasteiger partial charge is 0.453 e. The van der Waals surface area contributed by atoms with Crippen LogP contribution in [0.15, 0.2) is 23.1 Å². The number of methoxy groups -OCH3 is 1. The summed E-state index contributed by atoms with van der Waals surface area (Å²) in [6.45, 7) is 1.54. The summed E-state index contributed by atoms with van der Waals surface area (Å²) < 4.78 is 38.2. The van der Waals surface area contributed by atoms with E-state index < -0.39 is 21.2 Å². The third-order valence-electron chi connectivity index (χ3n) is 1.90. The molecule has 1 aromatic carbocycles. The molecule has 0 heterocycles. The molecule has 0 saturated carbocycles. The second-order valence-electron chi connectivity index (χ2n) is 3.03. The maximum Gasteiger partial charge on any atom is 0.411 e. The standard InChI is InChI=1S/C9H10FNO4S/c1-6-5-7(16(10,13)14)3-4-8(6)11-9(12)15-2/h3-5H,1-2H3,(H,11,12). The molecule has 0 fully saturated rings. The van der Waals surface area contributed by atoms with Crippen LogP contribution in [0.25, 0.3) is 0 Å². The van der Waals surface area contributed by atoms with Crippen molar-refractivity contribution < 1.29 is 21.8 Å². The third-order valence-corrected chi connectivity index (χ3v) is 2.72. The van der Waals surface area contributed by atoms with E-state index in [1.54, 1.807) is 6.92 Å².